The molecule has 1 N–H and O–H groups in total. The number of halogens is 2. The van der Waals surface area contributed by atoms with Crippen LogP contribution in [0, 0.1) is 5.82 Å². The third-order valence-corrected chi connectivity index (χ3v) is 5.51. The Labute approximate surface area is 195 Å². The molecule has 1 amide bonds. The van der Waals surface area contributed by atoms with Crippen molar-refractivity contribution in [2.45, 2.75) is 6.54 Å². The van der Waals surface area contributed by atoms with E-state index < -0.39 is 11.7 Å². The van der Waals surface area contributed by atoms with E-state index in [4.69, 9.17) is 16.3 Å². The number of nitrogens with zero attached hydrogens (tertiary/aromatic N) is 2. The van der Waals surface area contributed by atoms with E-state index in [1.807, 2.05) is 53.4 Å². The highest BCUT2D eigenvalue weighted by Gasteiger charge is 2.16. The zero-order valence-electron chi connectivity index (χ0n) is 17.9. The highest BCUT2D eigenvalue weighted by molar-refractivity contribution is 6.30. The number of carbonyl (C=O) groups is 1. The summed E-state index contributed by atoms with van der Waals surface area (Å²) in [6.45, 7) is 3.61. The van der Waals surface area contributed by atoms with Crippen LogP contribution in [0.25, 0.3) is 22.2 Å². The van der Waals surface area contributed by atoms with E-state index in [1.165, 1.54) is 13.2 Å². The predicted octanol–water partition coefficient (Wildman–Crippen LogP) is 6.35. The molecule has 7 heteroatoms. The number of amides is 1. The lowest BCUT2D eigenvalue weighted by atomic mass is 10.1. The molecule has 4 aromatic rings. The molecule has 4 rings (SSSR count). The molecule has 0 aliphatic rings. The van der Waals surface area contributed by atoms with E-state index in [0.717, 1.165) is 33.4 Å². The molecule has 1 aromatic heterocycles. The van der Waals surface area contributed by atoms with Gasteiger partial charge in [-0.1, -0.05) is 54.1 Å². The van der Waals surface area contributed by atoms with E-state index in [1.54, 1.807) is 18.3 Å². The Hall–Kier alpha value is -3.90. The van der Waals surface area contributed by atoms with Gasteiger partial charge in [0.05, 0.1) is 24.0 Å². The Morgan fingerprint density at radius 3 is 2.64 bits per heavy atom. The van der Waals surface area contributed by atoms with Gasteiger partial charge in [-0.15, -0.1) is 0 Å². The van der Waals surface area contributed by atoms with Gasteiger partial charge in [-0.05, 0) is 48.2 Å². The van der Waals surface area contributed by atoms with Gasteiger partial charge >= 0.3 is 5.91 Å². The monoisotopic (exact) mass is 461 g/mol. The zero-order chi connectivity index (χ0) is 23.4. The van der Waals surface area contributed by atoms with Crippen LogP contribution in [0.4, 0.5) is 10.1 Å². The summed E-state index contributed by atoms with van der Waals surface area (Å²) in [6, 6.07) is 22.4. The van der Waals surface area contributed by atoms with Gasteiger partial charge in [0.25, 0.3) is 0 Å². The van der Waals surface area contributed by atoms with Crippen molar-refractivity contribution in [1.82, 2.24) is 4.98 Å². The molecule has 5 nitrogen and oxygen atoms in total. The van der Waals surface area contributed by atoms with Crippen molar-refractivity contribution in [1.29, 1.82) is 0 Å². The van der Waals surface area contributed by atoms with Gasteiger partial charge < -0.3 is 14.6 Å². The summed E-state index contributed by atoms with van der Waals surface area (Å²) in [4.78, 5) is 20.9. The Kier molecular flexibility index (Phi) is 6.56. The number of H-pyrrole nitrogens is 1. The number of ether oxygens (including phenoxy) is 1. The smallest absolute Gasteiger partial charge is 0.312 e. The quantitative estimate of drug-likeness (QED) is 0.198. The summed E-state index contributed by atoms with van der Waals surface area (Å²) in [6.07, 6.45) is 1.57. The van der Waals surface area contributed by atoms with Gasteiger partial charge in [-0.25, -0.2) is 9.38 Å². The summed E-state index contributed by atoms with van der Waals surface area (Å²) in [7, 11) is 1.40. The molecule has 0 aliphatic heterocycles. The van der Waals surface area contributed by atoms with Crippen molar-refractivity contribution in [3.8, 4) is 11.3 Å². The zero-order valence-corrected chi connectivity index (χ0v) is 18.6. The predicted molar refractivity (Wildman–Crippen MR) is 131 cm³/mol. The number of nitrogens with one attached hydrogen (secondary N) is 1. The Morgan fingerprint density at radius 2 is 1.94 bits per heavy atom. The lowest BCUT2D eigenvalue weighted by Crippen LogP contribution is -2.19. The minimum atomic E-state index is -0.592. The summed E-state index contributed by atoms with van der Waals surface area (Å²) < 4.78 is 19.0. The van der Waals surface area contributed by atoms with Crippen LogP contribution in [-0.2, 0) is 16.1 Å². The second kappa shape index (κ2) is 9.71. The van der Waals surface area contributed by atoms with Gasteiger partial charge in [0, 0.05) is 23.1 Å². The summed E-state index contributed by atoms with van der Waals surface area (Å²) in [5, 5.41) is 0.966. The average Bonchev–Trinajstić information content (AvgIpc) is 3.28. The molecule has 0 saturated carbocycles. The Bertz CT molecular complexity index is 1350. The first-order valence-electron chi connectivity index (χ1n) is 10.1. The maximum absolute atomic E-state index is 13.7. The first-order chi connectivity index (χ1) is 16.0. The van der Waals surface area contributed by atoms with Crippen molar-refractivity contribution >= 4 is 40.8 Å². The fourth-order valence-electron chi connectivity index (χ4n) is 3.61. The maximum atomic E-state index is 13.7. The number of fused-ring (bicyclic) bond motifs is 1. The molecule has 0 spiro atoms. The molecular formula is C26H21ClFN3O2. The Morgan fingerprint density at radius 1 is 1.15 bits per heavy atom. The number of benzene rings is 3. The molecule has 166 valence electrons. The van der Waals surface area contributed by atoms with Crippen molar-refractivity contribution in [3.63, 3.8) is 0 Å². The molecule has 33 heavy (non-hydrogen) atoms. The fraction of sp³-hybridized carbons (Fsp3) is 0.0769. The summed E-state index contributed by atoms with van der Waals surface area (Å²) in [5.41, 5.74) is 4.51. The van der Waals surface area contributed by atoms with Gasteiger partial charge in [0.2, 0.25) is 5.76 Å². The van der Waals surface area contributed by atoms with Gasteiger partial charge in [0.15, 0.2) is 0 Å². The van der Waals surface area contributed by atoms with Crippen LogP contribution in [-0.4, -0.2) is 24.7 Å². The van der Waals surface area contributed by atoms with E-state index in [9.17, 15) is 9.18 Å². The lowest BCUT2D eigenvalue weighted by Gasteiger charge is -2.23. The highest BCUT2D eigenvalue weighted by atomic mass is 35.5. The molecule has 1 heterocycles. The highest BCUT2D eigenvalue weighted by Crippen LogP contribution is 2.33. The summed E-state index contributed by atoms with van der Waals surface area (Å²) in [5.74, 6) is -1.06. The maximum Gasteiger partial charge on any atom is 0.312 e. The first-order valence-corrected chi connectivity index (χ1v) is 10.5. The second-order valence-corrected chi connectivity index (χ2v) is 7.73. The minimum absolute atomic E-state index is 0.0223. The lowest BCUT2D eigenvalue weighted by molar-refractivity contribution is -0.117. The van der Waals surface area contributed by atoms with Crippen LogP contribution in [0.5, 0.6) is 0 Å². The van der Waals surface area contributed by atoms with Crippen molar-refractivity contribution in [2.24, 2.45) is 4.99 Å². The average molecular weight is 462 g/mol. The van der Waals surface area contributed by atoms with Gasteiger partial charge in [-0.3, -0.25) is 4.79 Å². The van der Waals surface area contributed by atoms with Crippen molar-refractivity contribution < 1.29 is 13.9 Å². The third-order valence-electron chi connectivity index (χ3n) is 5.22. The number of hydrogen-bond acceptors (Lipinski definition) is 3. The van der Waals surface area contributed by atoms with E-state index in [2.05, 4.69) is 22.8 Å². The van der Waals surface area contributed by atoms with Crippen LogP contribution < -0.4 is 4.90 Å². The molecule has 0 bridgehead atoms. The van der Waals surface area contributed by atoms with Gasteiger partial charge in [0.1, 0.15) is 5.82 Å². The Balaban J connectivity index is 1.84. The molecular weight excluding hydrogens is 441 g/mol. The molecule has 0 radical (unpaired) electrons. The minimum Gasteiger partial charge on any atom is -0.490 e. The number of aromatic nitrogens is 1. The van der Waals surface area contributed by atoms with Crippen LogP contribution in [0.2, 0.25) is 5.02 Å². The summed E-state index contributed by atoms with van der Waals surface area (Å²) >= 11 is 6.00. The van der Waals surface area contributed by atoms with Crippen molar-refractivity contribution in [2.75, 3.05) is 12.0 Å². The molecule has 3 aromatic carbocycles. The van der Waals surface area contributed by atoms with Crippen LogP contribution >= 0.6 is 11.6 Å². The fourth-order valence-corrected chi connectivity index (χ4v) is 3.82. The third kappa shape index (κ3) is 4.81. The van der Waals surface area contributed by atoms with E-state index in [-0.39, 0.29) is 10.8 Å². The van der Waals surface area contributed by atoms with Crippen LogP contribution in [0.3, 0.4) is 0 Å². The van der Waals surface area contributed by atoms with Crippen LogP contribution in [0.1, 0.15) is 5.56 Å². The molecule has 0 unspecified atom stereocenters. The second-order valence-electron chi connectivity index (χ2n) is 7.32. The number of aromatic amines is 1. The SMILES string of the molecule is C=NC(=O)/C(=C\N(Cc1ccc(F)c(Cl)c1)c1cccc2[nH]c(-c3ccccc3)cc12)OC. The number of aliphatic imine (C=N–C) groups is 1. The molecule has 0 fully saturated rings. The van der Waals surface area contributed by atoms with Crippen molar-refractivity contribution in [3.05, 3.63) is 101 Å². The molecule has 0 atom stereocenters. The number of anilines is 1. The molecule has 0 saturated heterocycles. The van der Waals surface area contributed by atoms with Gasteiger partial charge in [-0.2, -0.15) is 0 Å². The standard InChI is InChI=1S/C26H21ClFN3O2/c1-29-26(32)25(33-2)16-31(15-17-11-12-21(28)20(27)13-17)24-10-6-9-22-19(24)14-23(30-22)18-7-4-3-5-8-18/h3-14,16,30H,1,15H2,2H3/b25-16+. The largest absolute Gasteiger partial charge is 0.490 e. The topological polar surface area (TPSA) is 57.7 Å². The number of rotatable bonds is 7. The number of methoxy groups -OCH3 is 1. The molecule has 0 aliphatic carbocycles. The normalized spacial score (nSPS) is 11.4. The van der Waals surface area contributed by atoms with E-state index in [0.29, 0.717) is 6.54 Å². The van der Waals surface area contributed by atoms with E-state index >= 15 is 0 Å². The number of hydrogen-bond donors (Lipinski definition) is 1. The number of carbonyl (C=O) groups excluding carboxylic acids is 1. The first kappa shape index (κ1) is 22.3. The van der Waals surface area contributed by atoms with Crippen LogP contribution in [0.15, 0.2) is 89.7 Å².